The molecule has 1 saturated carbocycles. The highest BCUT2D eigenvalue weighted by atomic mass is 32.1. The molecule has 2 atom stereocenters. The van der Waals surface area contributed by atoms with Crippen molar-refractivity contribution in [2.24, 2.45) is 16.3 Å². The summed E-state index contributed by atoms with van der Waals surface area (Å²) in [4.78, 5) is 32.4. The number of methoxy groups -OCH3 is 2. The minimum atomic E-state index is -0.444. The number of nitrogens with one attached hydrogen (secondary N) is 1. The monoisotopic (exact) mass is 531 g/mol. The van der Waals surface area contributed by atoms with Crippen LogP contribution in [0.2, 0.25) is 0 Å². The van der Waals surface area contributed by atoms with E-state index in [1.807, 2.05) is 44.2 Å². The molecular formula is C30H33N3O4S. The van der Waals surface area contributed by atoms with Crippen LogP contribution in [0.3, 0.4) is 0 Å². The predicted molar refractivity (Wildman–Crippen MR) is 153 cm³/mol. The fraction of sp³-hybridized carbons (Fsp3) is 0.367. The van der Waals surface area contributed by atoms with Crippen LogP contribution in [0.15, 0.2) is 41.4 Å². The Hall–Kier alpha value is -3.65. The van der Waals surface area contributed by atoms with E-state index in [1.165, 1.54) is 11.3 Å². The van der Waals surface area contributed by atoms with Crippen LogP contribution in [0.1, 0.15) is 64.5 Å². The molecule has 38 heavy (non-hydrogen) atoms. The van der Waals surface area contributed by atoms with Gasteiger partial charge in [0.05, 0.1) is 25.8 Å². The summed E-state index contributed by atoms with van der Waals surface area (Å²) in [6.45, 7) is 8.17. The van der Waals surface area contributed by atoms with Crippen LogP contribution in [0, 0.1) is 25.2 Å². The van der Waals surface area contributed by atoms with Crippen molar-refractivity contribution in [1.29, 1.82) is 0 Å². The first-order chi connectivity index (χ1) is 18.0. The van der Waals surface area contributed by atoms with Crippen molar-refractivity contribution >= 4 is 45.1 Å². The van der Waals surface area contributed by atoms with E-state index >= 15 is 0 Å². The largest absolute Gasteiger partial charge is 0.493 e. The molecule has 1 aliphatic carbocycles. The molecule has 0 saturated heterocycles. The highest BCUT2D eigenvalue weighted by molar-refractivity contribution is 7.18. The topological polar surface area (TPSA) is 103 Å². The number of Topliss-reactive ketones (excluding diaryl/α,β-unsaturated/α-hetero) is 1. The normalized spacial score (nSPS) is 19.7. The Labute approximate surface area is 227 Å². The molecule has 1 aliphatic heterocycles. The number of ether oxygens (including phenoxy) is 2. The van der Waals surface area contributed by atoms with Crippen molar-refractivity contribution in [2.75, 3.05) is 25.3 Å². The average Bonchev–Trinajstić information content (AvgIpc) is 3.16. The molecule has 2 aromatic carbocycles. The summed E-state index contributed by atoms with van der Waals surface area (Å²) in [7, 11) is 3.18. The van der Waals surface area contributed by atoms with Gasteiger partial charge in [-0.2, -0.15) is 0 Å². The van der Waals surface area contributed by atoms with E-state index in [-0.39, 0.29) is 23.0 Å². The number of thiophene rings is 1. The Kier molecular flexibility index (Phi) is 6.55. The first-order valence-corrected chi connectivity index (χ1v) is 13.5. The van der Waals surface area contributed by atoms with E-state index in [0.717, 1.165) is 28.0 Å². The van der Waals surface area contributed by atoms with Crippen molar-refractivity contribution in [3.63, 3.8) is 0 Å². The van der Waals surface area contributed by atoms with Gasteiger partial charge in [0.15, 0.2) is 11.5 Å². The molecule has 0 radical (unpaired) electrons. The van der Waals surface area contributed by atoms with Crippen LogP contribution in [-0.2, 0) is 4.79 Å². The number of anilines is 2. The summed E-state index contributed by atoms with van der Waals surface area (Å²) in [5, 5.41) is 3.69. The molecule has 2 aliphatic rings. The Morgan fingerprint density at radius 2 is 1.71 bits per heavy atom. The van der Waals surface area contributed by atoms with Gasteiger partial charge in [0.25, 0.3) is 5.91 Å². The molecule has 8 heteroatoms. The van der Waals surface area contributed by atoms with Gasteiger partial charge in [-0.15, -0.1) is 11.3 Å². The Morgan fingerprint density at radius 1 is 1.03 bits per heavy atom. The number of hydrogen-bond acceptors (Lipinski definition) is 7. The number of aryl methyl sites for hydroxylation is 2. The Balaban J connectivity index is 1.64. The lowest BCUT2D eigenvalue weighted by Gasteiger charge is -2.40. The zero-order chi connectivity index (χ0) is 27.4. The standard InChI is InChI=1S/C30H33N3O4S/c1-15-9-16(2)11-18(10-15)32-28(35)27-26(31)25-23(17-7-8-21(36-5)22(12-17)37-6)24-19(33-29(25)38-27)13-30(3,4)14-20(24)34/h7-12,23-24H,13-14,31H2,1-6H3,(H,32,35)/t23-,24?/m1/s1. The minimum Gasteiger partial charge on any atom is -0.493 e. The third kappa shape index (κ3) is 4.58. The zero-order valence-electron chi connectivity index (χ0n) is 22.6. The van der Waals surface area contributed by atoms with E-state index < -0.39 is 5.92 Å². The first-order valence-electron chi connectivity index (χ1n) is 12.6. The number of carbonyl (C=O) groups excluding carboxylic acids is 2. The van der Waals surface area contributed by atoms with Gasteiger partial charge in [-0.25, -0.2) is 4.99 Å². The number of nitrogens with zero attached hydrogens (tertiary/aromatic N) is 1. The van der Waals surface area contributed by atoms with E-state index in [1.54, 1.807) is 14.2 Å². The molecule has 1 fully saturated rings. The molecular weight excluding hydrogens is 498 g/mol. The molecule has 5 rings (SSSR count). The van der Waals surface area contributed by atoms with Crippen LogP contribution in [0.4, 0.5) is 16.4 Å². The number of nitrogen functional groups attached to an aromatic ring is 1. The maximum Gasteiger partial charge on any atom is 0.267 e. The van der Waals surface area contributed by atoms with Crippen molar-refractivity contribution < 1.29 is 19.1 Å². The van der Waals surface area contributed by atoms with Crippen molar-refractivity contribution in [3.05, 3.63) is 63.5 Å². The molecule has 7 nitrogen and oxygen atoms in total. The fourth-order valence-corrected chi connectivity index (χ4v) is 6.92. The highest BCUT2D eigenvalue weighted by Gasteiger charge is 2.47. The third-order valence-corrected chi connectivity index (χ3v) is 8.44. The highest BCUT2D eigenvalue weighted by Crippen LogP contribution is 2.55. The van der Waals surface area contributed by atoms with Crippen LogP contribution in [0.25, 0.3) is 0 Å². The van der Waals surface area contributed by atoms with Crippen LogP contribution in [-0.4, -0.2) is 31.6 Å². The maximum atomic E-state index is 13.6. The van der Waals surface area contributed by atoms with Gasteiger partial charge in [0, 0.05) is 29.3 Å². The summed E-state index contributed by atoms with van der Waals surface area (Å²) < 4.78 is 11.0. The van der Waals surface area contributed by atoms with Gasteiger partial charge in [-0.05, 0) is 66.6 Å². The number of nitrogens with two attached hydrogens (primary N) is 1. The number of rotatable bonds is 5. The van der Waals surface area contributed by atoms with E-state index in [2.05, 4.69) is 25.2 Å². The average molecular weight is 532 g/mol. The van der Waals surface area contributed by atoms with E-state index in [0.29, 0.717) is 45.6 Å². The summed E-state index contributed by atoms with van der Waals surface area (Å²) in [6.07, 6.45) is 1.16. The van der Waals surface area contributed by atoms with Gasteiger partial charge in [-0.1, -0.05) is 26.0 Å². The molecule has 198 valence electrons. The van der Waals surface area contributed by atoms with Crippen molar-refractivity contribution in [1.82, 2.24) is 0 Å². The number of amides is 1. The Bertz CT molecular complexity index is 1470. The molecule has 1 unspecified atom stereocenters. The zero-order valence-corrected chi connectivity index (χ0v) is 23.4. The SMILES string of the molecule is COc1ccc([C@H]2c3c(sc(C(=O)Nc4cc(C)cc(C)c4)c3N)N=C3CC(C)(C)CC(=O)C32)cc1OC. The molecule has 3 N–H and O–H groups in total. The lowest BCUT2D eigenvalue weighted by Crippen LogP contribution is -2.42. The van der Waals surface area contributed by atoms with Gasteiger partial charge in [-0.3, -0.25) is 9.59 Å². The Morgan fingerprint density at radius 3 is 2.37 bits per heavy atom. The van der Waals surface area contributed by atoms with Crippen LogP contribution < -0.4 is 20.5 Å². The molecule has 1 aromatic heterocycles. The summed E-state index contributed by atoms with van der Waals surface area (Å²) >= 11 is 1.28. The molecule has 0 bridgehead atoms. The number of aliphatic imine (C=N–C) groups is 1. The van der Waals surface area contributed by atoms with Gasteiger partial charge in [0.1, 0.15) is 15.7 Å². The fourth-order valence-electron chi connectivity index (χ4n) is 5.85. The number of ketones is 1. The molecule has 1 amide bonds. The quantitative estimate of drug-likeness (QED) is 0.394. The third-order valence-electron chi connectivity index (χ3n) is 7.32. The second-order valence-electron chi connectivity index (χ2n) is 11.1. The van der Waals surface area contributed by atoms with Gasteiger partial charge >= 0.3 is 0 Å². The second-order valence-corrected chi connectivity index (χ2v) is 12.1. The summed E-state index contributed by atoms with van der Waals surface area (Å²) in [6, 6.07) is 11.6. The second kappa shape index (κ2) is 9.58. The van der Waals surface area contributed by atoms with E-state index in [4.69, 9.17) is 20.2 Å². The number of benzene rings is 2. The number of hydrogen-bond donors (Lipinski definition) is 2. The molecule has 0 spiro atoms. The lowest BCUT2D eigenvalue weighted by atomic mass is 9.64. The van der Waals surface area contributed by atoms with Crippen LogP contribution in [0.5, 0.6) is 11.5 Å². The molecule has 2 heterocycles. The first kappa shape index (κ1) is 26.0. The minimum absolute atomic E-state index is 0.136. The lowest BCUT2D eigenvalue weighted by molar-refractivity contribution is -0.124. The summed E-state index contributed by atoms with van der Waals surface area (Å²) in [5.74, 6) is 0.204. The van der Waals surface area contributed by atoms with Gasteiger partial charge < -0.3 is 20.5 Å². The van der Waals surface area contributed by atoms with Gasteiger partial charge in [0.2, 0.25) is 0 Å². The summed E-state index contributed by atoms with van der Waals surface area (Å²) in [5.41, 5.74) is 12.2. The smallest absolute Gasteiger partial charge is 0.267 e. The number of carbonyl (C=O) groups is 2. The number of fused-ring (bicyclic) bond motifs is 2. The van der Waals surface area contributed by atoms with Crippen molar-refractivity contribution in [3.8, 4) is 11.5 Å². The van der Waals surface area contributed by atoms with E-state index in [9.17, 15) is 9.59 Å². The van der Waals surface area contributed by atoms with Crippen molar-refractivity contribution in [2.45, 2.75) is 46.5 Å². The maximum absolute atomic E-state index is 13.6. The predicted octanol–water partition coefficient (Wildman–Crippen LogP) is 6.44. The molecule has 3 aromatic rings. The van der Waals surface area contributed by atoms with Crippen LogP contribution >= 0.6 is 11.3 Å².